The smallest absolute Gasteiger partial charge is 0.117 e. The lowest BCUT2D eigenvalue weighted by atomic mass is 10.0. The molecule has 2 fully saturated rings. The van der Waals surface area contributed by atoms with Crippen LogP contribution in [0.4, 0.5) is 0 Å². The number of morpholine rings is 1. The zero-order valence-corrected chi connectivity index (χ0v) is 16.3. The fraction of sp³-hybridized carbons (Fsp3) is 0.611. The number of nitrogens with zero attached hydrogens (tertiary/aromatic N) is 3. The van der Waals surface area contributed by atoms with Gasteiger partial charge in [-0.3, -0.25) is 9.80 Å². The molecule has 2 aliphatic rings. The van der Waals surface area contributed by atoms with Gasteiger partial charge in [0.2, 0.25) is 0 Å². The van der Waals surface area contributed by atoms with Gasteiger partial charge in [-0.1, -0.05) is 0 Å². The van der Waals surface area contributed by atoms with Crippen LogP contribution in [0.25, 0.3) is 0 Å². The second-order valence-electron chi connectivity index (χ2n) is 6.99. The second-order valence-corrected chi connectivity index (χ2v) is 8.84. The fourth-order valence-corrected chi connectivity index (χ4v) is 4.97. The SMILES string of the molecule is Cc1nc(CN2CCOC[C@@]3(CN(Cc4ccsc4)CCO3)C2)cs1. The summed E-state index contributed by atoms with van der Waals surface area (Å²) in [7, 11) is 0. The molecule has 25 heavy (non-hydrogen) atoms. The van der Waals surface area contributed by atoms with Crippen molar-refractivity contribution in [2.75, 3.05) is 46.0 Å². The van der Waals surface area contributed by atoms with Crippen LogP contribution in [0, 0.1) is 6.92 Å². The van der Waals surface area contributed by atoms with Gasteiger partial charge >= 0.3 is 0 Å². The first-order chi connectivity index (χ1) is 12.2. The van der Waals surface area contributed by atoms with E-state index in [0.29, 0.717) is 6.61 Å². The molecule has 1 spiro atoms. The molecule has 0 radical (unpaired) electrons. The lowest BCUT2D eigenvalue weighted by Gasteiger charge is -2.43. The number of aromatic nitrogens is 1. The van der Waals surface area contributed by atoms with Gasteiger partial charge in [0.25, 0.3) is 0 Å². The van der Waals surface area contributed by atoms with Crippen LogP contribution in [0.15, 0.2) is 22.2 Å². The molecule has 0 saturated carbocycles. The zero-order valence-electron chi connectivity index (χ0n) is 14.6. The molecule has 0 bridgehead atoms. The average Bonchev–Trinajstić information content (AvgIpc) is 3.19. The predicted molar refractivity (Wildman–Crippen MR) is 101 cm³/mol. The third kappa shape index (κ3) is 4.48. The Morgan fingerprint density at radius 3 is 2.76 bits per heavy atom. The van der Waals surface area contributed by atoms with E-state index < -0.39 is 0 Å². The maximum absolute atomic E-state index is 6.29. The van der Waals surface area contributed by atoms with Crippen molar-refractivity contribution in [3.8, 4) is 0 Å². The fourth-order valence-electron chi connectivity index (χ4n) is 3.71. The monoisotopic (exact) mass is 379 g/mol. The molecule has 0 aromatic carbocycles. The van der Waals surface area contributed by atoms with E-state index >= 15 is 0 Å². The van der Waals surface area contributed by atoms with Crippen LogP contribution in [0.2, 0.25) is 0 Å². The molecule has 136 valence electrons. The Balaban J connectivity index is 1.43. The Morgan fingerprint density at radius 2 is 2.00 bits per heavy atom. The lowest BCUT2D eigenvalue weighted by molar-refractivity contribution is -0.143. The summed E-state index contributed by atoms with van der Waals surface area (Å²) in [6, 6.07) is 2.22. The predicted octanol–water partition coefficient (Wildman–Crippen LogP) is 2.62. The molecule has 0 unspecified atom stereocenters. The van der Waals surface area contributed by atoms with Crippen molar-refractivity contribution in [2.24, 2.45) is 0 Å². The van der Waals surface area contributed by atoms with Crippen LogP contribution in [0.1, 0.15) is 16.3 Å². The summed E-state index contributed by atoms with van der Waals surface area (Å²) < 4.78 is 12.2. The van der Waals surface area contributed by atoms with Gasteiger partial charge in [0, 0.05) is 44.6 Å². The van der Waals surface area contributed by atoms with Crippen molar-refractivity contribution in [1.82, 2.24) is 14.8 Å². The first-order valence-electron chi connectivity index (χ1n) is 8.79. The molecule has 0 aliphatic carbocycles. The molecule has 1 atom stereocenters. The van der Waals surface area contributed by atoms with Gasteiger partial charge in [0.1, 0.15) is 5.60 Å². The van der Waals surface area contributed by atoms with Crippen LogP contribution < -0.4 is 0 Å². The highest BCUT2D eigenvalue weighted by atomic mass is 32.1. The normalized spacial score (nSPS) is 26.1. The number of ether oxygens (including phenoxy) is 2. The summed E-state index contributed by atoms with van der Waals surface area (Å²) in [4.78, 5) is 9.57. The molecule has 2 aliphatic heterocycles. The Hall–Kier alpha value is -0.830. The van der Waals surface area contributed by atoms with Crippen molar-refractivity contribution >= 4 is 22.7 Å². The summed E-state index contributed by atoms with van der Waals surface area (Å²) in [6.07, 6.45) is 0. The highest BCUT2D eigenvalue weighted by Crippen LogP contribution is 2.25. The quantitative estimate of drug-likeness (QED) is 0.816. The minimum absolute atomic E-state index is 0.226. The van der Waals surface area contributed by atoms with E-state index in [1.807, 2.05) is 0 Å². The minimum Gasteiger partial charge on any atom is -0.377 e. The lowest BCUT2D eigenvalue weighted by Crippen LogP contribution is -2.58. The van der Waals surface area contributed by atoms with Crippen molar-refractivity contribution in [3.63, 3.8) is 0 Å². The van der Waals surface area contributed by atoms with E-state index in [1.54, 1.807) is 22.7 Å². The van der Waals surface area contributed by atoms with Crippen molar-refractivity contribution < 1.29 is 9.47 Å². The van der Waals surface area contributed by atoms with E-state index in [2.05, 4.69) is 43.9 Å². The van der Waals surface area contributed by atoms with Gasteiger partial charge in [0.05, 0.1) is 30.5 Å². The summed E-state index contributed by atoms with van der Waals surface area (Å²) in [5, 5.41) is 7.69. The maximum Gasteiger partial charge on any atom is 0.117 e. The van der Waals surface area contributed by atoms with E-state index in [9.17, 15) is 0 Å². The molecule has 2 aromatic heterocycles. The molecule has 0 N–H and O–H groups in total. The van der Waals surface area contributed by atoms with Gasteiger partial charge in [-0.2, -0.15) is 11.3 Å². The van der Waals surface area contributed by atoms with Crippen LogP contribution in [0.5, 0.6) is 0 Å². The molecule has 0 amide bonds. The summed E-state index contributed by atoms with van der Waals surface area (Å²) in [5.74, 6) is 0. The summed E-state index contributed by atoms with van der Waals surface area (Å²) in [6.45, 7) is 9.92. The molecule has 5 nitrogen and oxygen atoms in total. The number of aryl methyl sites for hydroxylation is 1. The van der Waals surface area contributed by atoms with Crippen molar-refractivity contribution in [2.45, 2.75) is 25.6 Å². The molecule has 4 heterocycles. The first-order valence-corrected chi connectivity index (χ1v) is 10.6. The van der Waals surface area contributed by atoms with E-state index in [-0.39, 0.29) is 5.60 Å². The summed E-state index contributed by atoms with van der Waals surface area (Å²) in [5.41, 5.74) is 2.33. The Kier molecular flexibility index (Phi) is 5.50. The molecule has 7 heteroatoms. The van der Waals surface area contributed by atoms with Crippen LogP contribution in [-0.4, -0.2) is 66.4 Å². The van der Waals surface area contributed by atoms with Crippen molar-refractivity contribution in [1.29, 1.82) is 0 Å². The van der Waals surface area contributed by atoms with E-state index in [1.165, 1.54) is 5.56 Å². The molecular formula is C18H25N3O2S2. The topological polar surface area (TPSA) is 37.8 Å². The van der Waals surface area contributed by atoms with Gasteiger partial charge in [-0.05, 0) is 29.3 Å². The Labute approximate surface area is 157 Å². The van der Waals surface area contributed by atoms with Crippen LogP contribution in [-0.2, 0) is 22.6 Å². The maximum atomic E-state index is 6.29. The summed E-state index contributed by atoms with van der Waals surface area (Å²) >= 11 is 3.49. The van der Waals surface area contributed by atoms with E-state index in [4.69, 9.17) is 9.47 Å². The van der Waals surface area contributed by atoms with Crippen molar-refractivity contribution in [3.05, 3.63) is 38.5 Å². The third-order valence-corrected chi connectivity index (χ3v) is 6.35. The number of rotatable bonds is 4. The standard InChI is InChI=1S/C18H25N3O2S2/c1-15-19-17(11-25-15)9-21-3-5-22-14-18(13-21)12-20(4-6-23-18)8-16-2-7-24-10-16/h2,7,10-11H,3-6,8-9,12-14H2,1H3/t18-/m1/s1. The van der Waals surface area contributed by atoms with Crippen LogP contribution >= 0.6 is 22.7 Å². The average molecular weight is 380 g/mol. The second kappa shape index (κ2) is 7.82. The molecule has 4 rings (SSSR count). The minimum atomic E-state index is -0.226. The first kappa shape index (κ1) is 17.6. The zero-order chi connectivity index (χ0) is 17.1. The molecular weight excluding hydrogens is 354 g/mol. The molecule has 2 aromatic rings. The number of thiazole rings is 1. The van der Waals surface area contributed by atoms with Gasteiger partial charge in [-0.15, -0.1) is 11.3 Å². The van der Waals surface area contributed by atoms with Gasteiger partial charge in [-0.25, -0.2) is 4.98 Å². The highest BCUT2D eigenvalue weighted by Gasteiger charge is 2.40. The Bertz CT molecular complexity index is 676. The molecule has 2 saturated heterocycles. The van der Waals surface area contributed by atoms with Crippen LogP contribution in [0.3, 0.4) is 0 Å². The van der Waals surface area contributed by atoms with E-state index in [0.717, 1.165) is 63.2 Å². The number of thiophene rings is 1. The van der Waals surface area contributed by atoms with Gasteiger partial charge in [0.15, 0.2) is 0 Å². The third-order valence-electron chi connectivity index (χ3n) is 4.79. The Morgan fingerprint density at radius 1 is 1.16 bits per heavy atom. The number of hydrogen-bond acceptors (Lipinski definition) is 7. The largest absolute Gasteiger partial charge is 0.377 e. The highest BCUT2D eigenvalue weighted by molar-refractivity contribution is 7.09. The number of hydrogen-bond donors (Lipinski definition) is 0. The van der Waals surface area contributed by atoms with Gasteiger partial charge < -0.3 is 9.47 Å².